The van der Waals surface area contributed by atoms with Crippen molar-refractivity contribution in [2.24, 2.45) is 0 Å². The molecule has 2 heterocycles. The van der Waals surface area contributed by atoms with E-state index >= 15 is 0 Å². The molecule has 8 heteroatoms. The molecule has 2 atom stereocenters. The first kappa shape index (κ1) is 20.9. The van der Waals surface area contributed by atoms with Crippen molar-refractivity contribution in [2.45, 2.75) is 51.9 Å². The number of morpholine rings is 1. The molecular weight excluding hydrogens is 387 g/mol. The topological polar surface area (TPSA) is 59.1 Å². The van der Waals surface area contributed by atoms with Crippen LogP contribution in [0, 0.1) is 5.82 Å². The fourth-order valence-corrected chi connectivity index (χ4v) is 3.91. The molecule has 0 radical (unpaired) electrons. The summed E-state index contributed by atoms with van der Waals surface area (Å²) in [7, 11) is 0. The Morgan fingerprint density at radius 3 is 2.68 bits per heavy atom. The summed E-state index contributed by atoms with van der Waals surface area (Å²) in [6, 6.07) is 2.58. The molecule has 2 aliphatic heterocycles. The largest absolute Gasteiger partial charge is 0.444 e. The van der Waals surface area contributed by atoms with Crippen molar-refractivity contribution < 1.29 is 23.5 Å². The van der Waals surface area contributed by atoms with Crippen molar-refractivity contribution in [3.05, 3.63) is 34.1 Å². The first-order valence-electron chi connectivity index (χ1n) is 9.44. The van der Waals surface area contributed by atoms with Crippen LogP contribution in [0.4, 0.5) is 9.18 Å². The zero-order valence-electron chi connectivity index (χ0n) is 16.6. The van der Waals surface area contributed by atoms with Gasteiger partial charge >= 0.3 is 6.09 Å². The summed E-state index contributed by atoms with van der Waals surface area (Å²) in [6.07, 6.45) is -0.738. The molecule has 154 valence electrons. The molecule has 1 unspecified atom stereocenters. The molecule has 0 aliphatic carbocycles. The van der Waals surface area contributed by atoms with E-state index in [9.17, 15) is 14.0 Å². The van der Waals surface area contributed by atoms with Gasteiger partial charge in [-0.05, 0) is 51.8 Å². The van der Waals surface area contributed by atoms with Crippen molar-refractivity contribution in [2.75, 3.05) is 26.2 Å². The summed E-state index contributed by atoms with van der Waals surface area (Å²) >= 11 is 5.95. The van der Waals surface area contributed by atoms with Gasteiger partial charge < -0.3 is 19.3 Å². The van der Waals surface area contributed by atoms with Crippen LogP contribution in [0.1, 0.15) is 44.9 Å². The van der Waals surface area contributed by atoms with E-state index in [0.29, 0.717) is 30.1 Å². The van der Waals surface area contributed by atoms with Gasteiger partial charge in [-0.2, -0.15) is 0 Å². The van der Waals surface area contributed by atoms with Crippen LogP contribution in [0.2, 0.25) is 5.02 Å². The SMILES string of the molecule is CC1c2c(F)cc(Cl)cc2CCN1C(=O)[C@H]1CN(C(=O)OC(C)(C)C)CCO1. The zero-order chi connectivity index (χ0) is 20.6. The number of hydrogen-bond donors (Lipinski definition) is 0. The van der Waals surface area contributed by atoms with Gasteiger partial charge in [-0.1, -0.05) is 11.6 Å². The number of amides is 2. The predicted molar refractivity (Wildman–Crippen MR) is 103 cm³/mol. The Morgan fingerprint density at radius 2 is 2.00 bits per heavy atom. The van der Waals surface area contributed by atoms with Crippen LogP contribution in [-0.4, -0.2) is 59.7 Å². The van der Waals surface area contributed by atoms with Gasteiger partial charge in [0.15, 0.2) is 6.10 Å². The number of carbonyl (C=O) groups is 2. The quantitative estimate of drug-likeness (QED) is 0.707. The smallest absolute Gasteiger partial charge is 0.410 e. The molecule has 0 aromatic heterocycles. The summed E-state index contributed by atoms with van der Waals surface area (Å²) in [5.74, 6) is -0.659. The Hall–Kier alpha value is -1.86. The molecule has 6 nitrogen and oxygen atoms in total. The van der Waals surface area contributed by atoms with Crippen molar-refractivity contribution >= 4 is 23.6 Å². The molecule has 1 fully saturated rings. The van der Waals surface area contributed by atoms with Crippen molar-refractivity contribution in [1.82, 2.24) is 9.80 Å². The van der Waals surface area contributed by atoms with Gasteiger partial charge in [0.1, 0.15) is 11.4 Å². The Labute approximate surface area is 169 Å². The van der Waals surface area contributed by atoms with E-state index in [0.717, 1.165) is 5.56 Å². The van der Waals surface area contributed by atoms with Crippen LogP contribution in [0.5, 0.6) is 0 Å². The highest BCUT2D eigenvalue weighted by molar-refractivity contribution is 6.30. The predicted octanol–water partition coefficient (Wildman–Crippen LogP) is 3.56. The van der Waals surface area contributed by atoms with Gasteiger partial charge in [0.25, 0.3) is 5.91 Å². The zero-order valence-corrected chi connectivity index (χ0v) is 17.4. The highest BCUT2D eigenvalue weighted by Crippen LogP contribution is 2.34. The summed E-state index contributed by atoms with van der Waals surface area (Å²) in [4.78, 5) is 28.5. The van der Waals surface area contributed by atoms with Gasteiger partial charge in [-0.15, -0.1) is 0 Å². The summed E-state index contributed by atoms with van der Waals surface area (Å²) in [5, 5.41) is 0.354. The van der Waals surface area contributed by atoms with Gasteiger partial charge in [0.2, 0.25) is 0 Å². The molecular formula is C20H26ClFN2O4. The van der Waals surface area contributed by atoms with Crippen LogP contribution in [0.25, 0.3) is 0 Å². The van der Waals surface area contributed by atoms with Gasteiger partial charge in [0.05, 0.1) is 19.2 Å². The number of rotatable bonds is 1. The number of fused-ring (bicyclic) bond motifs is 1. The third kappa shape index (κ3) is 4.41. The van der Waals surface area contributed by atoms with E-state index in [1.54, 1.807) is 38.7 Å². The number of nitrogens with zero attached hydrogens (tertiary/aromatic N) is 2. The number of carbonyl (C=O) groups excluding carboxylic acids is 2. The maximum atomic E-state index is 14.5. The molecule has 0 N–H and O–H groups in total. The second-order valence-electron chi connectivity index (χ2n) is 8.20. The number of hydrogen-bond acceptors (Lipinski definition) is 4. The lowest BCUT2D eigenvalue weighted by Gasteiger charge is -2.40. The summed E-state index contributed by atoms with van der Waals surface area (Å²) < 4.78 is 25.5. The second-order valence-corrected chi connectivity index (χ2v) is 8.64. The lowest BCUT2D eigenvalue weighted by molar-refractivity contribution is -0.151. The maximum absolute atomic E-state index is 14.5. The standard InChI is InChI=1S/C20H26ClFN2O4/c1-12-17-13(9-14(21)10-15(17)22)5-6-24(12)18(25)16-11-23(7-8-27-16)19(26)28-20(2,3)4/h9-10,12,16H,5-8,11H2,1-4H3/t12?,16-/m1/s1. The molecule has 1 aromatic rings. The minimum Gasteiger partial charge on any atom is -0.444 e. The number of ether oxygens (including phenoxy) is 2. The number of halogens is 2. The van der Waals surface area contributed by atoms with E-state index in [4.69, 9.17) is 21.1 Å². The first-order valence-corrected chi connectivity index (χ1v) is 9.82. The van der Waals surface area contributed by atoms with Crippen LogP contribution >= 0.6 is 11.6 Å². The Kier molecular flexibility index (Phi) is 5.87. The third-order valence-electron chi connectivity index (χ3n) is 4.96. The van der Waals surface area contributed by atoms with Crippen molar-refractivity contribution in [3.63, 3.8) is 0 Å². The molecule has 2 amide bonds. The second kappa shape index (κ2) is 7.87. The molecule has 2 aliphatic rings. The summed E-state index contributed by atoms with van der Waals surface area (Å²) in [5.41, 5.74) is 0.698. The van der Waals surface area contributed by atoms with Crippen LogP contribution < -0.4 is 0 Å². The van der Waals surface area contributed by atoms with E-state index in [1.165, 1.54) is 11.0 Å². The Bertz CT molecular complexity index is 780. The monoisotopic (exact) mass is 412 g/mol. The average molecular weight is 413 g/mol. The highest BCUT2D eigenvalue weighted by Gasteiger charge is 2.38. The van der Waals surface area contributed by atoms with Crippen molar-refractivity contribution in [1.29, 1.82) is 0 Å². The fourth-order valence-electron chi connectivity index (χ4n) is 3.68. The molecule has 3 rings (SSSR count). The lowest BCUT2D eigenvalue weighted by atomic mass is 9.92. The molecule has 0 bridgehead atoms. The van der Waals surface area contributed by atoms with Crippen molar-refractivity contribution in [3.8, 4) is 0 Å². The van der Waals surface area contributed by atoms with Gasteiger partial charge in [0, 0.05) is 23.7 Å². The minimum absolute atomic E-state index is 0.118. The molecule has 28 heavy (non-hydrogen) atoms. The Balaban J connectivity index is 1.72. The van der Waals surface area contributed by atoms with E-state index in [2.05, 4.69) is 0 Å². The third-order valence-corrected chi connectivity index (χ3v) is 5.18. The average Bonchev–Trinajstić information content (AvgIpc) is 2.59. The Morgan fingerprint density at radius 1 is 1.29 bits per heavy atom. The van der Waals surface area contributed by atoms with E-state index < -0.39 is 29.7 Å². The van der Waals surface area contributed by atoms with Crippen LogP contribution in [-0.2, 0) is 20.7 Å². The molecule has 1 saturated heterocycles. The first-order chi connectivity index (χ1) is 13.1. The van der Waals surface area contributed by atoms with Gasteiger partial charge in [-0.25, -0.2) is 9.18 Å². The van der Waals surface area contributed by atoms with E-state index in [1.807, 2.05) is 0 Å². The van der Waals surface area contributed by atoms with E-state index in [-0.39, 0.29) is 19.1 Å². The molecule has 1 aromatic carbocycles. The molecule has 0 spiro atoms. The molecule has 0 saturated carbocycles. The highest BCUT2D eigenvalue weighted by atomic mass is 35.5. The van der Waals surface area contributed by atoms with Crippen LogP contribution in [0.3, 0.4) is 0 Å². The maximum Gasteiger partial charge on any atom is 0.410 e. The normalized spacial score (nSPS) is 22.6. The number of benzene rings is 1. The van der Waals surface area contributed by atoms with Gasteiger partial charge in [-0.3, -0.25) is 4.79 Å². The minimum atomic E-state index is -0.791. The fraction of sp³-hybridized carbons (Fsp3) is 0.600. The lowest BCUT2D eigenvalue weighted by Crippen LogP contribution is -2.54. The van der Waals surface area contributed by atoms with Crippen LogP contribution in [0.15, 0.2) is 12.1 Å². The summed E-state index contributed by atoms with van der Waals surface area (Å²) in [6.45, 7) is 8.35.